The monoisotopic (exact) mass is 315 g/mol. The molecular formula is C16H21N5O2. The average molecular weight is 315 g/mol. The van der Waals surface area contributed by atoms with Gasteiger partial charge in [0.05, 0.1) is 18.9 Å². The maximum absolute atomic E-state index is 5.91. The first-order valence-electron chi connectivity index (χ1n) is 7.69. The molecule has 3 N–H and O–H groups in total. The molecule has 1 saturated heterocycles. The van der Waals surface area contributed by atoms with Crippen molar-refractivity contribution in [2.45, 2.75) is 0 Å². The molecule has 2 aromatic rings. The highest BCUT2D eigenvalue weighted by molar-refractivity contribution is 5.62. The smallest absolute Gasteiger partial charge is 0.229 e. The Hall–Kier alpha value is -2.38. The summed E-state index contributed by atoms with van der Waals surface area (Å²) in [5.74, 6) is 1.65. The minimum atomic E-state index is 0.424. The van der Waals surface area contributed by atoms with E-state index in [0.717, 1.165) is 44.3 Å². The molecule has 0 spiro atoms. The van der Waals surface area contributed by atoms with Crippen LogP contribution in [0.2, 0.25) is 0 Å². The summed E-state index contributed by atoms with van der Waals surface area (Å²) in [4.78, 5) is 10.6. The quantitative estimate of drug-likeness (QED) is 0.835. The number of aromatic nitrogens is 2. The van der Waals surface area contributed by atoms with E-state index < -0.39 is 0 Å². The second kappa shape index (κ2) is 7.75. The molecule has 2 heterocycles. The van der Waals surface area contributed by atoms with Crippen molar-refractivity contribution < 1.29 is 9.47 Å². The zero-order chi connectivity index (χ0) is 15.9. The summed E-state index contributed by atoms with van der Waals surface area (Å²) in [5, 5.41) is 3.14. The number of rotatable bonds is 6. The molecule has 122 valence electrons. The van der Waals surface area contributed by atoms with E-state index in [1.807, 2.05) is 24.3 Å². The van der Waals surface area contributed by atoms with Crippen LogP contribution < -0.4 is 15.8 Å². The largest absolute Gasteiger partial charge is 0.490 e. The van der Waals surface area contributed by atoms with E-state index in [0.29, 0.717) is 18.4 Å². The molecule has 3 rings (SSSR count). The first-order valence-corrected chi connectivity index (χ1v) is 7.69. The van der Waals surface area contributed by atoms with Crippen LogP contribution in [-0.4, -0.2) is 54.3 Å². The number of benzene rings is 1. The van der Waals surface area contributed by atoms with Crippen molar-refractivity contribution in [2.75, 3.05) is 50.5 Å². The number of nitrogen functional groups attached to an aromatic ring is 1. The van der Waals surface area contributed by atoms with Gasteiger partial charge in [0.2, 0.25) is 5.95 Å². The van der Waals surface area contributed by atoms with Crippen LogP contribution in [0.3, 0.4) is 0 Å². The Morgan fingerprint density at radius 3 is 2.87 bits per heavy atom. The van der Waals surface area contributed by atoms with E-state index >= 15 is 0 Å². The van der Waals surface area contributed by atoms with Gasteiger partial charge < -0.3 is 20.5 Å². The topological polar surface area (TPSA) is 85.5 Å². The van der Waals surface area contributed by atoms with Gasteiger partial charge in [0.25, 0.3) is 0 Å². The second-order valence-electron chi connectivity index (χ2n) is 5.23. The Kier molecular flexibility index (Phi) is 5.23. The lowest BCUT2D eigenvalue weighted by atomic mass is 10.3. The summed E-state index contributed by atoms with van der Waals surface area (Å²) in [6, 6.07) is 9.37. The van der Waals surface area contributed by atoms with E-state index in [-0.39, 0.29) is 0 Å². The molecule has 0 saturated carbocycles. The molecule has 0 radical (unpaired) electrons. The van der Waals surface area contributed by atoms with E-state index in [9.17, 15) is 0 Å². The molecule has 0 bridgehead atoms. The molecule has 0 aliphatic carbocycles. The van der Waals surface area contributed by atoms with Gasteiger partial charge in [0.1, 0.15) is 18.2 Å². The number of nitrogens with zero attached hydrogens (tertiary/aromatic N) is 3. The van der Waals surface area contributed by atoms with Crippen LogP contribution in [0.15, 0.2) is 36.5 Å². The highest BCUT2D eigenvalue weighted by atomic mass is 16.5. The molecule has 1 aliphatic rings. The normalized spacial score (nSPS) is 15.3. The molecule has 1 fully saturated rings. The summed E-state index contributed by atoms with van der Waals surface area (Å²) in [6.45, 7) is 5.01. The molecular weight excluding hydrogens is 294 g/mol. The van der Waals surface area contributed by atoms with Gasteiger partial charge >= 0.3 is 0 Å². The lowest BCUT2D eigenvalue weighted by Crippen LogP contribution is -2.38. The van der Waals surface area contributed by atoms with E-state index in [2.05, 4.69) is 20.2 Å². The first-order chi connectivity index (χ1) is 11.3. The predicted molar refractivity (Wildman–Crippen MR) is 88.9 cm³/mol. The van der Waals surface area contributed by atoms with Gasteiger partial charge in [-0.2, -0.15) is 4.98 Å². The number of hydrogen-bond acceptors (Lipinski definition) is 7. The Bertz CT molecular complexity index is 631. The number of morpholine rings is 1. The van der Waals surface area contributed by atoms with Crippen molar-refractivity contribution in [1.29, 1.82) is 0 Å². The lowest BCUT2D eigenvalue weighted by Gasteiger charge is -2.26. The van der Waals surface area contributed by atoms with Crippen LogP contribution >= 0.6 is 0 Å². The minimum absolute atomic E-state index is 0.424. The van der Waals surface area contributed by atoms with Gasteiger partial charge in [-0.3, -0.25) is 4.90 Å². The number of ether oxygens (including phenoxy) is 2. The number of nitrogens with two attached hydrogens (primary N) is 1. The highest BCUT2D eigenvalue weighted by Gasteiger charge is 2.11. The Labute approximate surface area is 135 Å². The zero-order valence-electron chi connectivity index (χ0n) is 12.9. The fraction of sp³-hybridized carbons (Fsp3) is 0.375. The van der Waals surface area contributed by atoms with Crippen LogP contribution in [0.25, 0.3) is 0 Å². The van der Waals surface area contributed by atoms with Crippen molar-refractivity contribution in [3.05, 3.63) is 36.5 Å². The van der Waals surface area contributed by atoms with Crippen molar-refractivity contribution in [3.8, 4) is 5.75 Å². The second-order valence-corrected chi connectivity index (χ2v) is 5.23. The Morgan fingerprint density at radius 1 is 1.22 bits per heavy atom. The molecule has 0 atom stereocenters. The molecule has 1 aliphatic heterocycles. The third kappa shape index (κ3) is 4.54. The van der Waals surface area contributed by atoms with Crippen molar-refractivity contribution >= 4 is 17.5 Å². The van der Waals surface area contributed by atoms with Crippen molar-refractivity contribution in [2.24, 2.45) is 0 Å². The average Bonchev–Trinajstić information content (AvgIpc) is 2.57. The summed E-state index contributed by atoms with van der Waals surface area (Å²) in [6.07, 6.45) is 1.62. The first kappa shape index (κ1) is 15.5. The van der Waals surface area contributed by atoms with Gasteiger partial charge in [0.15, 0.2) is 0 Å². The maximum Gasteiger partial charge on any atom is 0.229 e. The zero-order valence-corrected chi connectivity index (χ0v) is 12.9. The number of anilines is 3. The third-order valence-corrected chi connectivity index (χ3v) is 3.58. The predicted octanol–water partition coefficient (Wildman–Crippen LogP) is 1.51. The third-order valence-electron chi connectivity index (χ3n) is 3.58. The maximum atomic E-state index is 5.91. The SMILES string of the molecule is Nc1ccnc(Nc2ccccc2OCCN2CCOCC2)n1. The minimum Gasteiger partial charge on any atom is -0.490 e. The lowest BCUT2D eigenvalue weighted by molar-refractivity contribution is 0.0323. The van der Waals surface area contributed by atoms with Crippen LogP contribution in [0.5, 0.6) is 5.75 Å². The van der Waals surface area contributed by atoms with Crippen molar-refractivity contribution in [3.63, 3.8) is 0 Å². The van der Waals surface area contributed by atoms with E-state index in [4.69, 9.17) is 15.2 Å². The van der Waals surface area contributed by atoms with Crippen LogP contribution in [-0.2, 0) is 4.74 Å². The molecule has 1 aromatic heterocycles. The van der Waals surface area contributed by atoms with Crippen molar-refractivity contribution in [1.82, 2.24) is 14.9 Å². The molecule has 23 heavy (non-hydrogen) atoms. The molecule has 0 amide bonds. The fourth-order valence-corrected chi connectivity index (χ4v) is 2.36. The summed E-state index contributed by atoms with van der Waals surface area (Å²) in [5.41, 5.74) is 6.49. The molecule has 1 aromatic carbocycles. The fourth-order valence-electron chi connectivity index (χ4n) is 2.36. The summed E-state index contributed by atoms with van der Waals surface area (Å²) >= 11 is 0. The molecule has 7 nitrogen and oxygen atoms in total. The van der Waals surface area contributed by atoms with Gasteiger partial charge in [-0.05, 0) is 18.2 Å². The Balaban J connectivity index is 1.59. The number of para-hydroxylation sites is 2. The molecule has 0 unspecified atom stereocenters. The number of nitrogens with one attached hydrogen (secondary N) is 1. The van der Waals surface area contributed by atoms with Crippen LogP contribution in [0, 0.1) is 0 Å². The van der Waals surface area contributed by atoms with E-state index in [1.165, 1.54) is 0 Å². The highest BCUT2D eigenvalue weighted by Crippen LogP contribution is 2.26. The van der Waals surface area contributed by atoms with Gasteiger partial charge in [-0.1, -0.05) is 12.1 Å². The van der Waals surface area contributed by atoms with Gasteiger partial charge in [0, 0.05) is 25.8 Å². The van der Waals surface area contributed by atoms with Gasteiger partial charge in [-0.25, -0.2) is 4.98 Å². The Morgan fingerprint density at radius 2 is 2.04 bits per heavy atom. The van der Waals surface area contributed by atoms with Crippen LogP contribution in [0.4, 0.5) is 17.5 Å². The summed E-state index contributed by atoms with van der Waals surface area (Å²) in [7, 11) is 0. The standard InChI is InChI=1S/C16H21N5O2/c17-15-5-6-18-16(20-15)19-13-3-1-2-4-14(13)23-12-9-21-7-10-22-11-8-21/h1-6H,7-12H2,(H3,17,18,19,20). The van der Waals surface area contributed by atoms with Gasteiger partial charge in [-0.15, -0.1) is 0 Å². The van der Waals surface area contributed by atoms with E-state index in [1.54, 1.807) is 12.3 Å². The van der Waals surface area contributed by atoms with Crippen LogP contribution in [0.1, 0.15) is 0 Å². The summed E-state index contributed by atoms with van der Waals surface area (Å²) < 4.78 is 11.3. The number of hydrogen-bond donors (Lipinski definition) is 2. The molecule has 7 heteroatoms.